The van der Waals surface area contributed by atoms with E-state index in [4.69, 9.17) is 5.11 Å². The number of carbonyl (C=O) groups excluding carboxylic acids is 1. The normalized spacial score (nSPS) is 8.81. The summed E-state index contributed by atoms with van der Waals surface area (Å²) >= 11 is 0. The molecule has 0 aliphatic carbocycles. The van der Waals surface area contributed by atoms with E-state index in [0.717, 1.165) is 0 Å². The lowest BCUT2D eigenvalue weighted by atomic mass is 10.1. The van der Waals surface area contributed by atoms with Gasteiger partial charge in [-0.25, -0.2) is 9.59 Å². The van der Waals surface area contributed by atoms with E-state index >= 15 is 0 Å². The van der Waals surface area contributed by atoms with E-state index < -0.39 is 17.7 Å². The van der Waals surface area contributed by atoms with Gasteiger partial charge in [-0.1, -0.05) is 5.92 Å². The number of aromatic hydroxyl groups is 1. The summed E-state index contributed by atoms with van der Waals surface area (Å²) in [5.74, 6) is 2.24. The van der Waals surface area contributed by atoms with Crippen LogP contribution in [-0.2, 0) is 9.53 Å². The molecule has 0 radical (unpaired) electrons. The zero-order valence-corrected chi connectivity index (χ0v) is 8.35. The Balaban J connectivity index is 3.01. The number of methoxy groups -OCH3 is 1. The number of rotatable bonds is 1. The Morgan fingerprint density at radius 2 is 2.06 bits per heavy atom. The van der Waals surface area contributed by atoms with Crippen molar-refractivity contribution in [1.82, 2.24) is 0 Å². The lowest BCUT2D eigenvalue weighted by molar-refractivity contribution is -0.133. The first kappa shape index (κ1) is 11.6. The molecule has 0 fully saturated rings. The van der Waals surface area contributed by atoms with Gasteiger partial charge in [0, 0.05) is 11.5 Å². The summed E-state index contributed by atoms with van der Waals surface area (Å²) < 4.78 is 4.29. The number of carboxylic acids is 1. The maximum atomic E-state index is 10.7. The molecule has 5 heteroatoms. The van der Waals surface area contributed by atoms with E-state index in [0.29, 0.717) is 5.56 Å². The average molecular weight is 220 g/mol. The van der Waals surface area contributed by atoms with Crippen LogP contribution in [0.25, 0.3) is 0 Å². The summed E-state index contributed by atoms with van der Waals surface area (Å²) in [4.78, 5) is 21.3. The van der Waals surface area contributed by atoms with Crippen molar-refractivity contribution in [2.45, 2.75) is 0 Å². The molecule has 0 heterocycles. The molecule has 0 unspecified atom stereocenters. The van der Waals surface area contributed by atoms with Crippen LogP contribution in [0.15, 0.2) is 18.2 Å². The second-order valence-corrected chi connectivity index (χ2v) is 2.78. The van der Waals surface area contributed by atoms with Crippen LogP contribution in [0.3, 0.4) is 0 Å². The van der Waals surface area contributed by atoms with Crippen LogP contribution in [0.2, 0.25) is 0 Å². The Kier molecular flexibility index (Phi) is 3.51. The standard InChI is InChI=1S/C11H8O5/c1-16-10(13)5-3-7-2-4-8(11(14)15)9(12)6-7/h2,4,6,12H,1H3,(H,14,15). The van der Waals surface area contributed by atoms with Crippen molar-refractivity contribution in [1.29, 1.82) is 0 Å². The first-order valence-corrected chi connectivity index (χ1v) is 4.21. The van der Waals surface area contributed by atoms with Gasteiger partial charge in [-0.2, -0.15) is 0 Å². The molecule has 5 nitrogen and oxygen atoms in total. The predicted molar refractivity (Wildman–Crippen MR) is 54.0 cm³/mol. The average Bonchev–Trinajstić information content (AvgIpc) is 2.25. The summed E-state index contributed by atoms with van der Waals surface area (Å²) in [5.41, 5.74) is 0.108. The molecule has 0 amide bonds. The highest BCUT2D eigenvalue weighted by atomic mass is 16.5. The fraction of sp³-hybridized carbons (Fsp3) is 0.0909. The van der Waals surface area contributed by atoms with E-state index in [9.17, 15) is 14.7 Å². The largest absolute Gasteiger partial charge is 0.507 e. The molecule has 1 aromatic carbocycles. The van der Waals surface area contributed by atoms with Crippen molar-refractivity contribution in [3.63, 3.8) is 0 Å². The van der Waals surface area contributed by atoms with Crippen LogP contribution >= 0.6 is 0 Å². The molecule has 0 saturated carbocycles. The van der Waals surface area contributed by atoms with Crippen LogP contribution in [-0.4, -0.2) is 29.3 Å². The van der Waals surface area contributed by atoms with Gasteiger partial charge < -0.3 is 14.9 Å². The Bertz CT molecular complexity index is 493. The molecule has 0 spiro atoms. The monoisotopic (exact) mass is 220 g/mol. The maximum Gasteiger partial charge on any atom is 0.384 e. The van der Waals surface area contributed by atoms with Crippen LogP contribution in [0.5, 0.6) is 5.75 Å². The molecule has 0 bridgehead atoms. The maximum absolute atomic E-state index is 10.7. The molecule has 2 N–H and O–H groups in total. The van der Waals surface area contributed by atoms with E-state index in [2.05, 4.69) is 16.6 Å². The zero-order valence-electron chi connectivity index (χ0n) is 8.35. The Labute approximate surface area is 91.3 Å². The smallest absolute Gasteiger partial charge is 0.384 e. The summed E-state index contributed by atoms with van der Waals surface area (Å²) in [5, 5.41) is 18.0. The van der Waals surface area contributed by atoms with Crippen molar-refractivity contribution in [2.75, 3.05) is 7.11 Å². The van der Waals surface area contributed by atoms with E-state index in [-0.39, 0.29) is 5.56 Å². The van der Waals surface area contributed by atoms with Gasteiger partial charge in [0.05, 0.1) is 7.11 Å². The molecular formula is C11H8O5. The molecule has 1 aromatic rings. The third-order valence-corrected chi connectivity index (χ3v) is 1.72. The van der Waals surface area contributed by atoms with Crippen LogP contribution in [0.1, 0.15) is 15.9 Å². The van der Waals surface area contributed by atoms with Gasteiger partial charge >= 0.3 is 11.9 Å². The minimum Gasteiger partial charge on any atom is -0.507 e. The van der Waals surface area contributed by atoms with Crippen LogP contribution < -0.4 is 0 Å². The third kappa shape index (κ3) is 2.75. The van der Waals surface area contributed by atoms with Gasteiger partial charge in [-0.3, -0.25) is 0 Å². The minimum atomic E-state index is -1.23. The number of aromatic carboxylic acids is 1. The second-order valence-electron chi connectivity index (χ2n) is 2.78. The molecule has 1 rings (SSSR count). The van der Waals surface area contributed by atoms with Gasteiger partial charge in [0.15, 0.2) is 0 Å². The Morgan fingerprint density at radius 3 is 2.56 bits per heavy atom. The van der Waals surface area contributed by atoms with E-state index in [1.54, 1.807) is 0 Å². The summed E-state index contributed by atoms with van der Waals surface area (Å²) in [6.45, 7) is 0. The Morgan fingerprint density at radius 1 is 1.38 bits per heavy atom. The molecule has 0 aliphatic heterocycles. The lowest BCUT2D eigenvalue weighted by Crippen LogP contribution is -1.97. The topological polar surface area (TPSA) is 83.8 Å². The number of ether oxygens (including phenoxy) is 1. The molecule has 0 atom stereocenters. The number of hydrogen-bond donors (Lipinski definition) is 2. The minimum absolute atomic E-state index is 0.219. The van der Waals surface area contributed by atoms with Gasteiger partial charge in [-0.15, -0.1) is 0 Å². The molecule has 0 aromatic heterocycles. The zero-order chi connectivity index (χ0) is 12.1. The van der Waals surface area contributed by atoms with Crippen molar-refractivity contribution in [2.24, 2.45) is 0 Å². The Hall–Kier alpha value is -2.48. The fourth-order valence-electron chi connectivity index (χ4n) is 0.964. The van der Waals surface area contributed by atoms with Crippen LogP contribution in [0.4, 0.5) is 0 Å². The van der Waals surface area contributed by atoms with Crippen molar-refractivity contribution >= 4 is 11.9 Å². The number of carbonyl (C=O) groups is 2. The number of phenols is 1. The second kappa shape index (κ2) is 4.84. The molecule has 16 heavy (non-hydrogen) atoms. The summed E-state index contributed by atoms with van der Waals surface area (Å²) in [7, 11) is 1.20. The highest BCUT2D eigenvalue weighted by molar-refractivity contribution is 5.91. The van der Waals surface area contributed by atoms with Crippen molar-refractivity contribution in [3.05, 3.63) is 29.3 Å². The van der Waals surface area contributed by atoms with E-state index in [1.165, 1.54) is 25.3 Å². The van der Waals surface area contributed by atoms with E-state index in [1.807, 2.05) is 0 Å². The highest BCUT2D eigenvalue weighted by Crippen LogP contribution is 2.17. The molecule has 0 saturated heterocycles. The van der Waals surface area contributed by atoms with Gasteiger partial charge in [0.1, 0.15) is 11.3 Å². The highest BCUT2D eigenvalue weighted by Gasteiger charge is 2.08. The van der Waals surface area contributed by atoms with Crippen molar-refractivity contribution < 1.29 is 24.5 Å². The summed E-state index contributed by atoms with van der Waals surface area (Å²) in [6.07, 6.45) is 0. The van der Waals surface area contributed by atoms with Gasteiger partial charge in [0.25, 0.3) is 0 Å². The lowest BCUT2D eigenvalue weighted by Gasteiger charge is -1.98. The van der Waals surface area contributed by atoms with Gasteiger partial charge in [-0.05, 0) is 18.2 Å². The molecule has 82 valence electrons. The number of carboxylic acid groups (broad SMARTS) is 1. The van der Waals surface area contributed by atoms with Crippen LogP contribution in [0, 0.1) is 11.8 Å². The number of benzene rings is 1. The predicted octanol–water partition coefficient (Wildman–Crippen LogP) is 0.615. The third-order valence-electron chi connectivity index (χ3n) is 1.72. The number of hydrogen-bond acceptors (Lipinski definition) is 4. The summed E-state index contributed by atoms with van der Waals surface area (Å²) in [6, 6.07) is 3.76. The van der Waals surface area contributed by atoms with Gasteiger partial charge in [0.2, 0.25) is 0 Å². The first-order valence-electron chi connectivity index (χ1n) is 4.21. The number of esters is 1. The molecular weight excluding hydrogens is 212 g/mol. The molecule has 0 aliphatic rings. The fourth-order valence-corrected chi connectivity index (χ4v) is 0.964. The quantitative estimate of drug-likeness (QED) is 0.535. The first-order chi connectivity index (χ1) is 7.54. The van der Waals surface area contributed by atoms with Crippen molar-refractivity contribution in [3.8, 4) is 17.6 Å². The SMILES string of the molecule is COC(=O)C#Cc1ccc(C(=O)O)c(O)c1.